The van der Waals surface area contributed by atoms with Gasteiger partial charge < -0.3 is 38.3 Å². The van der Waals surface area contributed by atoms with Gasteiger partial charge in [0.1, 0.15) is 12.1 Å². The molecule has 88 heavy (non-hydrogen) atoms. The van der Waals surface area contributed by atoms with E-state index in [1.54, 1.807) is 135 Å². The largest absolute Gasteiger partial charge is 0.506 e. The Morgan fingerprint density at radius 2 is 0.636 bits per heavy atom. The van der Waals surface area contributed by atoms with Crippen LogP contribution in [-0.2, 0) is 0 Å². The standard InChI is InChI=1S/5C5H5NO.3C5H4O2.2C4H4N2.10C2H6/c2*7-5-1-3-6-4-2-5;7-5-2-1-3-6-4-5;2*7-5-3-1-2-4-6-5;2*6-5-1-3-7-4-2-5;6-5-3-1-2-4-7-5;1-2-6-4-3-5-1;1-2-5-4-6-3-1;10*1-2/h2*1-4H,(H,6,7);1-4,7H;2*1-4H,(H,6,7);3*1-4H;2*1-4H;10*1-2H3. The van der Waals surface area contributed by atoms with Crippen molar-refractivity contribution in [3.63, 3.8) is 0 Å². The second-order valence-electron chi connectivity index (χ2n) is 11.3. The highest BCUT2D eigenvalue weighted by molar-refractivity contribution is 5.12. The van der Waals surface area contributed by atoms with Gasteiger partial charge in [-0.1, -0.05) is 157 Å². The number of rotatable bonds is 0. The van der Waals surface area contributed by atoms with Crippen LogP contribution in [0.1, 0.15) is 138 Å². The molecule has 0 aliphatic carbocycles. The lowest BCUT2D eigenvalue weighted by Gasteiger charge is -1.81. The topological polar surface area (TPSA) is 307 Å². The minimum Gasteiger partial charge on any atom is -0.506 e. The summed E-state index contributed by atoms with van der Waals surface area (Å²) in [6.07, 6.45) is 30.8. The van der Waals surface area contributed by atoms with Crippen molar-refractivity contribution in [3.05, 3.63) is 318 Å². The zero-order chi connectivity index (χ0) is 69.4. The first-order valence-electron chi connectivity index (χ1n) is 29.3. The van der Waals surface area contributed by atoms with Crippen LogP contribution in [0.25, 0.3) is 0 Å². The molecular weight excluding hydrogens is 1120 g/mol. The van der Waals surface area contributed by atoms with E-state index in [1.807, 2.05) is 138 Å². The number of nitrogens with zero attached hydrogens (tertiary/aromatic N) is 5. The fourth-order valence-electron chi connectivity index (χ4n) is 3.31. The van der Waals surface area contributed by atoms with Crippen LogP contribution in [0.2, 0.25) is 0 Å². The summed E-state index contributed by atoms with van der Waals surface area (Å²) in [5.41, 5.74) is -0.373. The summed E-state index contributed by atoms with van der Waals surface area (Å²) >= 11 is 0. The average molecular weight is 1220 g/mol. The Bertz CT molecular complexity index is 2430. The molecule has 0 radical (unpaired) electrons. The molecule has 0 atom stereocenters. The number of hydrogen-bond donors (Lipinski definition) is 5. The summed E-state index contributed by atoms with van der Waals surface area (Å²) in [6.45, 7) is 40.0. The number of H-pyrrole nitrogens is 4. The molecule has 0 aliphatic heterocycles. The molecule has 0 saturated carbocycles. The Hall–Kier alpha value is -10.2. The molecule has 10 rings (SSSR count). The maximum absolute atomic E-state index is 10.2. The van der Waals surface area contributed by atoms with E-state index in [2.05, 4.69) is 58.1 Å². The Morgan fingerprint density at radius 1 is 0.307 bits per heavy atom. The second-order valence-corrected chi connectivity index (χ2v) is 11.3. The molecule has 0 saturated heterocycles. The van der Waals surface area contributed by atoms with Crippen molar-refractivity contribution in [2.45, 2.75) is 138 Å². The van der Waals surface area contributed by atoms with Crippen LogP contribution in [0, 0.1) is 0 Å². The molecule has 0 aromatic carbocycles. The Morgan fingerprint density at radius 3 is 0.773 bits per heavy atom. The normalized spacial score (nSPS) is 7.23. The quantitative estimate of drug-likeness (QED) is 0.0942. The molecule has 0 unspecified atom stereocenters. The van der Waals surface area contributed by atoms with Gasteiger partial charge in [0.05, 0.1) is 37.5 Å². The van der Waals surface area contributed by atoms with E-state index < -0.39 is 0 Å². The van der Waals surface area contributed by atoms with Crippen molar-refractivity contribution in [2.24, 2.45) is 0 Å². The van der Waals surface area contributed by atoms with Crippen LogP contribution >= 0.6 is 0 Å². The van der Waals surface area contributed by atoms with Gasteiger partial charge >= 0.3 is 5.63 Å². The lowest BCUT2D eigenvalue weighted by molar-refractivity contribution is 0.472. The average Bonchev–Trinajstić information content (AvgIpc) is 3.63. The summed E-state index contributed by atoms with van der Waals surface area (Å²) in [4.78, 5) is 100. The number of hydrogen-bond acceptors (Lipinski definition) is 16. The third-order valence-corrected chi connectivity index (χ3v) is 6.19. The SMILES string of the molecule is CC.CC.CC.CC.CC.CC.CC.CC.CC.CC.O=c1cc[nH]cc1.O=c1cc[nH]cc1.O=c1cccc[nH]1.O=c1cccc[nH]1.O=c1cccco1.O=c1ccocc1.O=c1ccocc1.Oc1cccnc1.c1cnccn1.c1cncnc1. The summed E-state index contributed by atoms with van der Waals surface area (Å²) in [7, 11) is 0. The van der Waals surface area contributed by atoms with Gasteiger partial charge in [0.25, 0.3) is 0 Å². The first kappa shape index (κ1) is 99.8. The van der Waals surface area contributed by atoms with Gasteiger partial charge in [0, 0.05) is 147 Å². The van der Waals surface area contributed by atoms with E-state index in [1.165, 1.54) is 111 Å². The van der Waals surface area contributed by atoms with Crippen LogP contribution in [0.15, 0.2) is 293 Å². The van der Waals surface area contributed by atoms with Crippen molar-refractivity contribution in [2.75, 3.05) is 0 Å². The molecule has 0 spiro atoms. The molecule has 5 N–H and O–H groups in total. The molecule has 10 aromatic rings. The highest BCUT2D eigenvalue weighted by atomic mass is 16.4. The van der Waals surface area contributed by atoms with Crippen molar-refractivity contribution in [3.8, 4) is 5.75 Å². The summed E-state index contributed by atoms with van der Waals surface area (Å²) in [5, 5.41) is 8.57. The van der Waals surface area contributed by atoms with Crippen molar-refractivity contribution in [1.82, 2.24) is 44.9 Å². The lowest BCUT2D eigenvalue weighted by Crippen LogP contribution is -1.98. The van der Waals surface area contributed by atoms with Gasteiger partial charge in [-0.05, 0) is 36.4 Å². The maximum Gasteiger partial charge on any atom is 0.335 e. The molecule has 488 valence electrons. The Balaban J connectivity index is -0.0000000930. The van der Waals surface area contributed by atoms with Gasteiger partial charge in [0.15, 0.2) is 21.7 Å². The van der Waals surface area contributed by atoms with Crippen molar-refractivity contribution in [1.29, 1.82) is 0 Å². The zero-order valence-corrected chi connectivity index (χ0v) is 55.9. The number of aromatic hydroxyl groups is 1. The first-order chi connectivity index (χ1) is 43.2. The minimum absolute atomic E-state index is 0.0220. The summed E-state index contributed by atoms with van der Waals surface area (Å²) in [5.74, 6) is 0.211. The smallest absolute Gasteiger partial charge is 0.335 e. The molecule has 10 heterocycles. The van der Waals surface area contributed by atoms with Crippen LogP contribution in [0.5, 0.6) is 5.75 Å². The van der Waals surface area contributed by atoms with Crippen LogP contribution in [0.3, 0.4) is 0 Å². The Labute approximate surface area is 523 Å². The minimum atomic E-state index is -0.303. The number of pyridine rings is 5. The lowest BCUT2D eigenvalue weighted by atomic mass is 10.5. The summed E-state index contributed by atoms with van der Waals surface area (Å²) in [6, 6.07) is 30.9. The van der Waals surface area contributed by atoms with E-state index in [0.29, 0.717) is 0 Å². The van der Waals surface area contributed by atoms with E-state index in [-0.39, 0.29) is 44.2 Å². The predicted molar refractivity (Wildman–Crippen MR) is 367 cm³/mol. The van der Waals surface area contributed by atoms with Crippen LogP contribution < -0.4 is 38.5 Å². The monoisotopic (exact) mass is 1220 g/mol. The maximum atomic E-state index is 10.2. The van der Waals surface area contributed by atoms with Gasteiger partial charge in [-0.15, -0.1) is 0 Å². The van der Waals surface area contributed by atoms with Crippen molar-refractivity contribution >= 4 is 0 Å². The van der Waals surface area contributed by atoms with Crippen LogP contribution in [-0.4, -0.2) is 50.0 Å². The first-order valence-corrected chi connectivity index (χ1v) is 29.3. The second kappa shape index (κ2) is 102. The van der Waals surface area contributed by atoms with E-state index in [0.717, 1.165) is 0 Å². The molecule has 0 fully saturated rings. The van der Waals surface area contributed by atoms with Gasteiger partial charge in [0.2, 0.25) is 11.1 Å². The fraction of sp³-hybridized carbons (Fsp3) is 0.294. The summed E-state index contributed by atoms with van der Waals surface area (Å²) < 4.78 is 13.5. The van der Waals surface area contributed by atoms with E-state index in [4.69, 9.17) is 5.11 Å². The molecule has 0 amide bonds. The van der Waals surface area contributed by atoms with Gasteiger partial charge in [-0.3, -0.25) is 43.7 Å². The van der Waals surface area contributed by atoms with E-state index >= 15 is 0 Å². The predicted octanol–water partition coefficient (Wildman–Crippen LogP) is 15.4. The third-order valence-electron chi connectivity index (χ3n) is 6.19. The highest BCUT2D eigenvalue weighted by Gasteiger charge is 1.77. The number of aromatic nitrogens is 9. The number of nitrogens with one attached hydrogen (secondary N) is 4. The number of aromatic amines is 4. The molecule has 20 nitrogen and oxygen atoms in total. The van der Waals surface area contributed by atoms with Gasteiger partial charge in [-0.25, -0.2) is 14.8 Å². The third kappa shape index (κ3) is 97.9. The molecular formula is C68H105N9O11. The van der Waals surface area contributed by atoms with Crippen molar-refractivity contribution < 1.29 is 18.4 Å². The Kier molecular flexibility index (Phi) is 116. The molecule has 0 bridgehead atoms. The fourth-order valence-corrected chi connectivity index (χ4v) is 3.31. The molecule has 0 aliphatic rings. The van der Waals surface area contributed by atoms with Crippen LogP contribution in [0.4, 0.5) is 0 Å². The highest BCUT2D eigenvalue weighted by Crippen LogP contribution is 1.99. The molecule has 10 aromatic heterocycles. The van der Waals surface area contributed by atoms with E-state index in [9.17, 15) is 33.6 Å². The molecule has 20 heteroatoms. The zero-order valence-electron chi connectivity index (χ0n) is 55.9. The van der Waals surface area contributed by atoms with Gasteiger partial charge in [-0.2, -0.15) is 0 Å².